The predicted molar refractivity (Wildman–Crippen MR) is 53.7 cm³/mol. The number of carbonyl (C=O) groups is 1. The molecular formula is C9H19N3O2. The van der Waals surface area contributed by atoms with E-state index >= 15 is 0 Å². The highest BCUT2D eigenvalue weighted by atomic mass is 16.5. The Hall–Kier alpha value is -0.650. The summed E-state index contributed by atoms with van der Waals surface area (Å²) in [6, 6.07) is 0. The molecule has 0 saturated carbocycles. The first kappa shape index (κ1) is 11.4. The van der Waals surface area contributed by atoms with Gasteiger partial charge in [-0.2, -0.15) is 0 Å². The van der Waals surface area contributed by atoms with Gasteiger partial charge in [-0.25, -0.2) is 5.01 Å². The van der Waals surface area contributed by atoms with E-state index in [0.717, 1.165) is 26.3 Å². The van der Waals surface area contributed by atoms with Gasteiger partial charge in [0.1, 0.15) is 0 Å². The molecule has 1 aliphatic rings. The van der Waals surface area contributed by atoms with Gasteiger partial charge in [0.15, 0.2) is 0 Å². The average molecular weight is 201 g/mol. The van der Waals surface area contributed by atoms with E-state index in [-0.39, 0.29) is 5.91 Å². The van der Waals surface area contributed by atoms with E-state index in [1.165, 1.54) is 0 Å². The van der Waals surface area contributed by atoms with Crippen molar-refractivity contribution in [3.8, 4) is 0 Å². The Kier molecular flexibility index (Phi) is 4.86. The second-order valence-electron chi connectivity index (χ2n) is 3.55. The van der Waals surface area contributed by atoms with Crippen LogP contribution in [-0.2, 0) is 9.53 Å². The SMILES string of the molecule is CN(C)C(=O)CCNN1CCOCC1. The molecule has 5 nitrogen and oxygen atoms in total. The second kappa shape index (κ2) is 5.95. The zero-order valence-corrected chi connectivity index (χ0v) is 8.95. The Labute approximate surface area is 85.0 Å². The number of hydrazine groups is 1. The summed E-state index contributed by atoms with van der Waals surface area (Å²) in [6.45, 7) is 4.05. The van der Waals surface area contributed by atoms with Gasteiger partial charge in [0.25, 0.3) is 0 Å². The molecule has 1 N–H and O–H groups in total. The smallest absolute Gasteiger partial charge is 0.223 e. The zero-order valence-electron chi connectivity index (χ0n) is 8.95. The number of nitrogens with zero attached hydrogens (tertiary/aromatic N) is 2. The van der Waals surface area contributed by atoms with Crippen LogP contribution in [0.4, 0.5) is 0 Å². The van der Waals surface area contributed by atoms with Crippen molar-refractivity contribution < 1.29 is 9.53 Å². The highest BCUT2D eigenvalue weighted by molar-refractivity contribution is 5.75. The van der Waals surface area contributed by atoms with Crippen molar-refractivity contribution in [3.63, 3.8) is 0 Å². The number of ether oxygens (including phenoxy) is 1. The Balaban J connectivity index is 2.05. The van der Waals surface area contributed by atoms with E-state index in [2.05, 4.69) is 10.4 Å². The van der Waals surface area contributed by atoms with Gasteiger partial charge >= 0.3 is 0 Å². The first-order chi connectivity index (χ1) is 6.70. The van der Waals surface area contributed by atoms with E-state index in [0.29, 0.717) is 13.0 Å². The van der Waals surface area contributed by atoms with Crippen molar-refractivity contribution in [2.75, 3.05) is 46.9 Å². The van der Waals surface area contributed by atoms with Crippen LogP contribution >= 0.6 is 0 Å². The lowest BCUT2D eigenvalue weighted by Crippen LogP contribution is -2.46. The molecule has 14 heavy (non-hydrogen) atoms. The number of nitrogens with one attached hydrogen (secondary N) is 1. The Bertz CT molecular complexity index is 179. The molecule has 0 aromatic heterocycles. The monoisotopic (exact) mass is 201 g/mol. The minimum Gasteiger partial charge on any atom is -0.379 e. The largest absolute Gasteiger partial charge is 0.379 e. The summed E-state index contributed by atoms with van der Waals surface area (Å²) in [6.07, 6.45) is 0.546. The molecule has 0 bridgehead atoms. The maximum atomic E-state index is 11.2. The number of amides is 1. The van der Waals surface area contributed by atoms with Gasteiger partial charge in [-0.3, -0.25) is 10.2 Å². The summed E-state index contributed by atoms with van der Waals surface area (Å²) in [4.78, 5) is 12.8. The van der Waals surface area contributed by atoms with Crippen LogP contribution in [0.5, 0.6) is 0 Å². The van der Waals surface area contributed by atoms with Crippen LogP contribution in [0, 0.1) is 0 Å². The number of rotatable bonds is 4. The zero-order chi connectivity index (χ0) is 10.4. The van der Waals surface area contributed by atoms with Crippen molar-refractivity contribution in [3.05, 3.63) is 0 Å². The number of morpholine rings is 1. The maximum Gasteiger partial charge on any atom is 0.223 e. The quantitative estimate of drug-likeness (QED) is 0.653. The molecule has 0 aliphatic carbocycles. The fourth-order valence-electron chi connectivity index (χ4n) is 1.27. The number of hydrogen-bond acceptors (Lipinski definition) is 4. The molecule has 0 atom stereocenters. The molecule has 0 radical (unpaired) electrons. The summed E-state index contributed by atoms with van der Waals surface area (Å²) in [5.41, 5.74) is 3.21. The molecule has 5 heteroatoms. The van der Waals surface area contributed by atoms with Gasteiger partial charge < -0.3 is 9.64 Å². The van der Waals surface area contributed by atoms with Crippen molar-refractivity contribution in [1.29, 1.82) is 0 Å². The number of hydrogen-bond donors (Lipinski definition) is 1. The second-order valence-corrected chi connectivity index (χ2v) is 3.55. The third-order valence-electron chi connectivity index (χ3n) is 2.18. The number of carbonyl (C=O) groups excluding carboxylic acids is 1. The Morgan fingerprint density at radius 3 is 2.64 bits per heavy atom. The molecule has 0 spiro atoms. The Morgan fingerprint density at radius 2 is 2.07 bits per heavy atom. The molecule has 0 aromatic rings. The third-order valence-corrected chi connectivity index (χ3v) is 2.18. The van der Waals surface area contributed by atoms with Crippen molar-refractivity contribution in [1.82, 2.24) is 15.3 Å². The van der Waals surface area contributed by atoms with Crippen LogP contribution in [0.25, 0.3) is 0 Å². The summed E-state index contributed by atoms with van der Waals surface area (Å²) in [7, 11) is 3.55. The van der Waals surface area contributed by atoms with E-state index < -0.39 is 0 Å². The molecule has 82 valence electrons. The summed E-state index contributed by atoms with van der Waals surface area (Å²) in [5, 5.41) is 2.10. The lowest BCUT2D eigenvalue weighted by molar-refractivity contribution is -0.128. The first-order valence-electron chi connectivity index (χ1n) is 4.96. The minimum absolute atomic E-state index is 0.158. The topological polar surface area (TPSA) is 44.8 Å². The van der Waals surface area contributed by atoms with Crippen LogP contribution in [0.15, 0.2) is 0 Å². The molecule has 1 heterocycles. The fraction of sp³-hybridized carbons (Fsp3) is 0.889. The fourth-order valence-corrected chi connectivity index (χ4v) is 1.27. The lowest BCUT2D eigenvalue weighted by atomic mass is 10.4. The predicted octanol–water partition coefficient (Wildman–Crippen LogP) is -0.698. The van der Waals surface area contributed by atoms with E-state index in [9.17, 15) is 4.79 Å². The molecule has 1 fully saturated rings. The standard InChI is InChI=1S/C9H19N3O2/c1-11(2)9(13)3-4-10-12-5-7-14-8-6-12/h10H,3-8H2,1-2H3. The van der Waals surface area contributed by atoms with Crippen LogP contribution in [0.2, 0.25) is 0 Å². The molecular weight excluding hydrogens is 182 g/mol. The Morgan fingerprint density at radius 1 is 1.43 bits per heavy atom. The van der Waals surface area contributed by atoms with Gasteiger partial charge in [-0.1, -0.05) is 0 Å². The molecule has 1 rings (SSSR count). The maximum absolute atomic E-state index is 11.2. The van der Waals surface area contributed by atoms with Crippen molar-refractivity contribution in [2.24, 2.45) is 0 Å². The van der Waals surface area contributed by atoms with Crippen molar-refractivity contribution in [2.45, 2.75) is 6.42 Å². The van der Waals surface area contributed by atoms with E-state index in [4.69, 9.17) is 4.74 Å². The molecule has 0 unspecified atom stereocenters. The highest BCUT2D eigenvalue weighted by Crippen LogP contribution is 1.93. The normalized spacial score (nSPS) is 18.1. The highest BCUT2D eigenvalue weighted by Gasteiger charge is 2.10. The molecule has 1 saturated heterocycles. The minimum atomic E-state index is 0.158. The summed E-state index contributed by atoms with van der Waals surface area (Å²) < 4.78 is 5.21. The van der Waals surface area contributed by atoms with Gasteiger partial charge in [0, 0.05) is 40.2 Å². The van der Waals surface area contributed by atoms with Crippen LogP contribution in [-0.4, -0.2) is 62.8 Å². The first-order valence-corrected chi connectivity index (χ1v) is 4.96. The lowest BCUT2D eigenvalue weighted by Gasteiger charge is -2.27. The van der Waals surface area contributed by atoms with E-state index in [1.54, 1.807) is 19.0 Å². The van der Waals surface area contributed by atoms with Gasteiger partial charge in [0.2, 0.25) is 5.91 Å². The van der Waals surface area contributed by atoms with E-state index in [1.807, 2.05) is 0 Å². The van der Waals surface area contributed by atoms with Gasteiger partial charge in [0.05, 0.1) is 13.2 Å². The third kappa shape index (κ3) is 4.04. The average Bonchev–Trinajstić information content (AvgIpc) is 2.19. The van der Waals surface area contributed by atoms with Crippen LogP contribution in [0.3, 0.4) is 0 Å². The van der Waals surface area contributed by atoms with Crippen LogP contribution in [0.1, 0.15) is 6.42 Å². The summed E-state index contributed by atoms with van der Waals surface area (Å²) in [5.74, 6) is 0.158. The van der Waals surface area contributed by atoms with Gasteiger partial charge in [-0.05, 0) is 0 Å². The molecule has 1 amide bonds. The molecule has 0 aromatic carbocycles. The van der Waals surface area contributed by atoms with Crippen LogP contribution < -0.4 is 5.43 Å². The molecule has 1 aliphatic heterocycles. The summed E-state index contributed by atoms with van der Waals surface area (Å²) >= 11 is 0. The van der Waals surface area contributed by atoms with Crippen molar-refractivity contribution >= 4 is 5.91 Å². The van der Waals surface area contributed by atoms with Gasteiger partial charge in [-0.15, -0.1) is 0 Å².